The minimum Gasteiger partial charge on any atom is -0.329 e. The first-order valence-corrected chi connectivity index (χ1v) is 7.70. The molecule has 1 saturated heterocycles. The van der Waals surface area contributed by atoms with Gasteiger partial charge >= 0.3 is 0 Å². The highest BCUT2D eigenvalue weighted by molar-refractivity contribution is 5.31. The molecule has 1 aromatic rings. The van der Waals surface area contributed by atoms with Crippen molar-refractivity contribution in [1.82, 2.24) is 9.80 Å². The molecule has 3 nitrogen and oxygen atoms in total. The average Bonchev–Trinajstić information content (AvgIpc) is 2.39. The van der Waals surface area contributed by atoms with Crippen molar-refractivity contribution in [1.29, 1.82) is 0 Å². The smallest absolute Gasteiger partial charge is 0.0471 e. The number of nitrogens with zero attached hydrogens (tertiary/aromatic N) is 2. The van der Waals surface area contributed by atoms with Crippen LogP contribution in [0, 0.1) is 13.8 Å². The van der Waals surface area contributed by atoms with Crippen molar-refractivity contribution in [3.63, 3.8) is 0 Å². The van der Waals surface area contributed by atoms with Crippen molar-refractivity contribution < 1.29 is 0 Å². The van der Waals surface area contributed by atoms with Gasteiger partial charge in [0.05, 0.1) is 0 Å². The third kappa shape index (κ3) is 3.60. The molecule has 1 aliphatic heterocycles. The predicted octanol–water partition coefficient (Wildman–Crippen LogP) is 2.33. The van der Waals surface area contributed by atoms with Crippen LogP contribution >= 0.6 is 0 Å². The summed E-state index contributed by atoms with van der Waals surface area (Å²) in [6, 6.07) is 7.84. The Morgan fingerprint density at radius 2 is 1.90 bits per heavy atom. The maximum absolute atomic E-state index is 6.10. The van der Waals surface area contributed by atoms with Crippen LogP contribution in [-0.2, 0) is 0 Å². The van der Waals surface area contributed by atoms with Crippen LogP contribution in [0.5, 0.6) is 0 Å². The van der Waals surface area contributed by atoms with E-state index in [1.165, 1.54) is 36.1 Å². The molecule has 0 saturated carbocycles. The molecule has 1 fully saturated rings. The molecule has 1 aromatic carbocycles. The number of aryl methyl sites for hydroxylation is 2. The number of rotatable bonds is 4. The summed E-state index contributed by atoms with van der Waals surface area (Å²) < 4.78 is 0. The molecule has 2 unspecified atom stereocenters. The first-order valence-electron chi connectivity index (χ1n) is 7.70. The van der Waals surface area contributed by atoms with Crippen molar-refractivity contribution in [3.05, 3.63) is 34.9 Å². The van der Waals surface area contributed by atoms with E-state index < -0.39 is 0 Å². The fraction of sp³-hybridized carbons (Fsp3) is 0.647. The molecule has 112 valence electrons. The summed E-state index contributed by atoms with van der Waals surface area (Å²) in [4.78, 5) is 4.92. The van der Waals surface area contributed by atoms with E-state index in [9.17, 15) is 0 Å². The zero-order valence-corrected chi connectivity index (χ0v) is 13.4. The third-order valence-electron chi connectivity index (χ3n) is 4.45. The van der Waals surface area contributed by atoms with Crippen molar-refractivity contribution in [3.8, 4) is 0 Å². The van der Waals surface area contributed by atoms with Gasteiger partial charge in [-0.1, -0.05) is 29.3 Å². The normalized spacial score (nSPS) is 22.2. The van der Waals surface area contributed by atoms with E-state index in [1.54, 1.807) is 0 Å². The Morgan fingerprint density at radius 1 is 1.25 bits per heavy atom. The van der Waals surface area contributed by atoms with Crippen LogP contribution in [0.15, 0.2) is 18.2 Å². The Hall–Kier alpha value is -0.900. The number of hydrogen-bond donors (Lipinski definition) is 1. The molecule has 1 aliphatic rings. The van der Waals surface area contributed by atoms with Crippen molar-refractivity contribution in [2.24, 2.45) is 5.73 Å². The lowest BCUT2D eigenvalue weighted by Gasteiger charge is -2.40. The van der Waals surface area contributed by atoms with E-state index in [4.69, 9.17) is 5.73 Å². The second-order valence-electron chi connectivity index (χ2n) is 6.43. The molecule has 2 atom stereocenters. The Morgan fingerprint density at radius 3 is 2.45 bits per heavy atom. The van der Waals surface area contributed by atoms with Gasteiger partial charge in [-0.25, -0.2) is 0 Å². The molecular formula is C17H29N3. The second-order valence-corrected chi connectivity index (χ2v) is 6.43. The highest BCUT2D eigenvalue weighted by Gasteiger charge is 2.27. The Kier molecular flexibility index (Phi) is 5.19. The summed E-state index contributed by atoms with van der Waals surface area (Å²) in [5.74, 6) is 0. The van der Waals surface area contributed by atoms with Gasteiger partial charge in [0.15, 0.2) is 0 Å². The van der Waals surface area contributed by atoms with Gasteiger partial charge in [0, 0.05) is 25.2 Å². The van der Waals surface area contributed by atoms with Crippen LogP contribution in [0.2, 0.25) is 0 Å². The standard InChI is InChI=1S/C17H29N3/c1-13-8-14(2)10-15(9-13)17(11-18)20-7-5-6-16(12-20)19(3)4/h8-10,16-17H,5-7,11-12,18H2,1-4H3. The van der Waals surface area contributed by atoms with Gasteiger partial charge in [0.2, 0.25) is 0 Å². The molecule has 0 amide bonds. The van der Waals surface area contributed by atoms with E-state index in [-0.39, 0.29) is 0 Å². The Balaban J connectivity index is 2.18. The monoisotopic (exact) mass is 275 g/mol. The van der Waals surface area contributed by atoms with Crippen molar-refractivity contribution in [2.45, 2.75) is 38.8 Å². The molecule has 0 spiro atoms. The van der Waals surface area contributed by atoms with Crippen LogP contribution in [0.4, 0.5) is 0 Å². The van der Waals surface area contributed by atoms with E-state index in [2.05, 4.69) is 55.9 Å². The minimum absolute atomic E-state index is 0.358. The van der Waals surface area contributed by atoms with Crippen molar-refractivity contribution >= 4 is 0 Å². The summed E-state index contributed by atoms with van der Waals surface area (Å²) in [5, 5.41) is 0. The van der Waals surface area contributed by atoms with E-state index in [1.807, 2.05) is 0 Å². The second kappa shape index (κ2) is 6.70. The van der Waals surface area contributed by atoms with Crippen LogP contribution in [0.25, 0.3) is 0 Å². The highest BCUT2D eigenvalue weighted by Crippen LogP contribution is 2.26. The molecule has 2 rings (SSSR count). The van der Waals surface area contributed by atoms with Crippen LogP contribution in [0.3, 0.4) is 0 Å². The van der Waals surface area contributed by atoms with Crippen LogP contribution in [-0.4, -0.2) is 49.6 Å². The van der Waals surface area contributed by atoms with Gasteiger partial charge in [-0.2, -0.15) is 0 Å². The van der Waals surface area contributed by atoms with Gasteiger partial charge in [-0.3, -0.25) is 4.90 Å². The molecule has 3 heteroatoms. The Bertz CT molecular complexity index is 422. The summed E-state index contributed by atoms with van der Waals surface area (Å²) in [7, 11) is 4.37. The lowest BCUT2D eigenvalue weighted by atomic mass is 9.96. The maximum Gasteiger partial charge on any atom is 0.0471 e. The van der Waals surface area contributed by atoms with Gasteiger partial charge in [-0.05, 0) is 52.9 Å². The third-order valence-corrected chi connectivity index (χ3v) is 4.45. The number of piperidine rings is 1. The molecule has 2 N–H and O–H groups in total. The molecule has 0 aromatic heterocycles. The maximum atomic E-state index is 6.10. The predicted molar refractivity (Wildman–Crippen MR) is 86.0 cm³/mol. The van der Waals surface area contributed by atoms with Crippen LogP contribution in [0.1, 0.15) is 35.6 Å². The zero-order chi connectivity index (χ0) is 14.7. The number of benzene rings is 1. The number of nitrogens with two attached hydrogens (primary N) is 1. The fourth-order valence-electron chi connectivity index (χ4n) is 3.39. The summed E-state index contributed by atoms with van der Waals surface area (Å²) >= 11 is 0. The molecule has 0 aliphatic carbocycles. The van der Waals surface area contributed by atoms with E-state index in [0.29, 0.717) is 18.6 Å². The molecular weight excluding hydrogens is 246 g/mol. The van der Waals surface area contributed by atoms with E-state index in [0.717, 1.165) is 6.54 Å². The van der Waals surface area contributed by atoms with Crippen molar-refractivity contribution in [2.75, 3.05) is 33.7 Å². The zero-order valence-electron chi connectivity index (χ0n) is 13.4. The largest absolute Gasteiger partial charge is 0.329 e. The number of likely N-dealkylation sites (N-methyl/N-ethyl adjacent to an activating group) is 1. The molecule has 0 bridgehead atoms. The molecule has 0 radical (unpaired) electrons. The lowest BCUT2D eigenvalue weighted by molar-refractivity contribution is 0.0984. The first kappa shape index (κ1) is 15.5. The van der Waals surface area contributed by atoms with E-state index >= 15 is 0 Å². The summed E-state index contributed by atoms with van der Waals surface area (Å²) in [6.07, 6.45) is 2.57. The number of hydrogen-bond acceptors (Lipinski definition) is 3. The van der Waals surface area contributed by atoms with Gasteiger partial charge in [0.1, 0.15) is 0 Å². The fourth-order valence-corrected chi connectivity index (χ4v) is 3.39. The van der Waals surface area contributed by atoms with Gasteiger partial charge in [0.25, 0.3) is 0 Å². The topological polar surface area (TPSA) is 32.5 Å². The molecule has 1 heterocycles. The number of likely N-dealkylation sites (tertiary alicyclic amines) is 1. The summed E-state index contributed by atoms with van der Waals surface area (Å²) in [6.45, 7) is 7.33. The SMILES string of the molecule is Cc1cc(C)cc(C(CN)N2CCCC(N(C)C)C2)c1. The molecule has 20 heavy (non-hydrogen) atoms. The van der Waals surface area contributed by atoms with Crippen LogP contribution < -0.4 is 5.73 Å². The van der Waals surface area contributed by atoms with Gasteiger partial charge in [-0.15, -0.1) is 0 Å². The summed E-state index contributed by atoms with van der Waals surface area (Å²) in [5.41, 5.74) is 10.1. The lowest BCUT2D eigenvalue weighted by Crippen LogP contribution is -2.47. The minimum atomic E-state index is 0.358. The highest BCUT2D eigenvalue weighted by atomic mass is 15.2. The first-order chi connectivity index (χ1) is 9.51. The average molecular weight is 275 g/mol. The Labute approximate surface area is 123 Å². The van der Waals surface area contributed by atoms with Gasteiger partial charge < -0.3 is 10.6 Å². The quantitative estimate of drug-likeness (QED) is 0.915.